The molecule has 4 rings (SSSR count). The third-order valence-corrected chi connectivity index (χ3v) is 7.18. The van der Waals surface area contributed by atoms with E-state index in [2.05, 4.69) is 22.8 Å². The Morgan fingerprint density at radius 2 is 1.90 bits per heavy atom. The largest absolute Gasteiger partial charge is 0.381 e. The van der Waals surface area contributed by atoms with Crippen LogP contribution in [0.5, 0.6) is 0 Å². The van der Waals surface area contributed by atoms with Crippen LogP contribution < -0.4 is 10.6 Å². The molecule has 1 aliphatic carbocycles. The predicted molar refractivity (Wildman–Crippen MR) is 125 cm³/mol. The van der Waals surface area contributed by atoms with Crippen LogP contribution >= 0.6 is 23.4 Å². The minimum absolute atomic E-state index is 0.0288. The Balaban J connectivity index is 1.50. The molecule has 2 aliphatic rings. The number of thioether (sulfide) groups is 1. The Morgan fingerprint density at radius 1 is 1.13 bits per heavy atom. The predicted octanol–water partition coefficient (Wildman–Crippen LogP) is 5.40. The first-order valence-electron chi connectivity index (χ1n) is 10.4. The van der Waals surface area contributed by atoms with Gasteiger partial charge in [-0.15, -0.1) is 0 Å². The Bertz CT molecular complexity index is 954. The van der Waals surface area contributed by atoms with Crippen LogP contribution in [-0.2, 0) is 4.79 Å². The fourth-order valence-electron chi connectivity index (χ4n) is 3.72. The first kappa shape index (κ1) is 21.0. The summed E-state index contributed by atoms with van der Waals surface area (Å²) < 4.78 is 0. The number of carbonyl (C=O) groups excluding carboxylic acids is 2. The summed E-state index contributed by atoms with van der Waals surface area (Å²) in [6, 6.07) is 14.2. The number of hydrogen-bond acceptors (Lipinski definition) is 4. The highest BCUT2D eigenvalue weighted by Crippen LogP contribution is 2.33. The Labute approximate surface area is 186 Å². The number of halogens is 1. The van der Waals surface area contributed by atoms with Gasteiger partial charge in [-0.3, -0.25) is 9.59 Å². The van der Waals surface area contributed by atoms with Crippen molar-refractivity contribution in [1.82, 2.24) is 5.32 Å². The molecule has 4 nitrogen and oxygen atoms in total. The number of amides is 1. The summed E-state index contributed by atoms with van der Waals surface area (Å²) in [7, 11) is 0. The molecule has 0 saturated heterocycles. The van der Waals surface area contributed by atoms with Crippen LogP contribution in [0, 0.1) is 5.92 Å². The van der Waals surface area contributed by atoms with Gasteiger partial charge in [0, 0.05) is 40.6 Å². The number of anilines is 1. The normalized spacial score (nSPS) is 16.5. The molecule has 1 atom stereocenters. The van der Waals surface area contributed by atoms with Crippen molar-refractivity contribution in [2.24, 2.45) is 5.92 Å². The molecule has 2 aromatic rings. The number of nitrogens with one attached hydrogen (secondary N) is 2. The molecule has 30 heavy (non-hydrogen) atoms. The van der Waals surface area contributed by atoms with E-state index < -0.39 is 6.04 Å². The van der Waals surface area contributed by atoms with Gasteiger partial charge < -0.3 is 10.6 Å². The van der Waals surface area contributed by atoms with Crippen molar-refractivity contribution >= 4 is 45.6 Å². The highest BCUT2D eigenvalue weighted by Gasteiger charge is 2.27. The molecule has 1 aliphatic heterocycles. The lowest BCUT2D eigenvalue weighted by molar-refractivity contribution is -0.112. The van der Waals surface area contributed by atoms with Gasteiger partial charge in [-0.05, 0) is 54.7 Å². The summed E-state index contributed by atoms with van der Waals surface area (Å²) in [6.45, 7) is 0.716. The molecule has 1 heterocycles. The van der Waals surface area contributed by atoms with E-state index in [1.165, 1.54) is 31.0 Å². The van der Waals surface area contributed by atoms with Gasteiger partial charge in [0.05, 0.1) is 0 Å². The van der Waals surface area contributed by atoms with Gasteiger partial charge in [0.25, 0.3) is 5.91 Å². The number of hydrogen-bond donors (Lipinski definition) is 2. The zero-order chi connectivity index (χ0) is 20.9. The van der Waals surface area contributed by atoms with Crippen molar-refractivity contribution in [3.05, 3.63) is 70.8 Å². The highest BCUT2D eigenvalue weighted by molar-refractivity contribution is 8.13. The number of carbonyl (C=O) groups is 2. The van der Waals surface area contributed by atoms with Crippen molar-refractivity contribution in [3.63, 3.8) is 0 Å². The highest BCUT2D eigenvalue weighted by atomic mass is 35.5. The van der Waals surface area contributed by atoms with Crippen molar-refractivity contribution in [3.8, 4) is 0 Å². The summed E-state index contributed by atoms with van der Waals surface area (Å²) in [4.78, 5) is 25.9. The van der Waals surface area contributed by atoms with E-state index in [4.69, 9.17) is 11.6 Å². The first-order valence-corrected chi connectivity index (χ1v) is 11.7. The van der Waals surface area contributed by atoms with Crippen LogP contribution in [0.15, 0.2) is 54.6 Å². The smallest absolute Gasteiger partial charge is 0.251 e. The first-order chi connectivity index (χ1) is 14.6. The van der Waals surface area contributed by atoms with E-state index in [-0.39, 0.29) is 11.0 Å². The standard InChI is InChI=1S/C24H25ClN2O2S/c25-19-10-8-17(9-11-19)23(28)27-22(24(29)30-15-16-4-3-5-16)14-18-12-13-26-21-7-2-1-6-20(18)21/h1-2,6-12,16,22,26H,3-5,13-15H2,(H,27,28). The lowest BCUT2D eigenvalue weighted by atomic mass is 9.87. The molecule has 0 aromatic heterocycles. The Kier molecular flexibility index (Phi) is 6.80. The lowest BCUT2D eigenvalue weighted by Crippen LogP contribution is -2.40. The fraction of sp³-hybridized carbons (Fsp3) is 0.333. The van der Waals surface area contributed by atoms with Gasteiger partial charge in [0.2, 0.25) is 5.12 Å². The van der Waals surface area contributed by atoms with Crippen molar-refractivity contribution < 1.29 is 9.59 Å². The zero-order valence-electron chi connectivity index (χ0n) is 16.7. The van der Waals surface area contributed by atoms with Crippen molar-refractivity contribution in [2.45, 2.75) is 31.7 Å². The molecule has 156 valence electrons. The molecule has 1 saturated carbocycles. The molecule has 1 amide bonds. The maximum absolute atomic E-state index is 13.1. The monoisotopic (exact) mass is 440 g/mol. The zero-order valence-corrected chi connectivity index (χ0v) is 18.3. The molecule has 0 bridgehead atoms. The molecule has 1 unspecified atom stereocenters. The number of rotatable bonds is 7. The summed E-state index contributed by atoms with van der Waals surface area (Å²) >= 11 is 7.30. The van der Waals surface area contributed by atoms with Gasteiger partial charge in [0.1, 0.15) is 6.04 Å². The minimum atomic E-state index is -0.573. The van der Waals surface area contributed by atoms with Gasteiger partial charge in [-0.25, -0.2) is 0 Å². The summed E-state index contributed by atoms with van der Waals surface area (Å²) in [6.07, 6.45) is 6.24. The average Bonchev–Trinajstić information content (AvgIpc) is 2.72. The molecule has 2 N–H and O–H groups in total. The SMILES string of the molecule is O=C(NC(CC1=CCNc2ccccc21)C(=O)SCC1CCC1)c1ccc(Cl)cc1. The maximum atomic E-state index is 13.1. The second-order valence-electron chi connectivity index (χ2n) is 7.82. The van der Waals surface area contributed by atoms with Gasteiger partial charge in [-0.2, -0.15) is 0 Å². The van der Waals surface area contributed by atoms with E-state index in [0.29, 0.717) is 29.5 Å². The Hall–Kier alpha value is -2.24. The van der Waals surface area contributed by atoms with Crippen LogP contribution in [0.2, 0.25) is 5.02 Å². The molecular weight excluding hydrogens is 416 g/mol. The van der Waals surface area contributed by atoms with Gasteiger partial charge >= 0.3 is 0 Å². The number of fused-ring (bicyclic) bond motifs is 1. The fourth-order valence-corrected chi connectivity index (χ4v) is 4.92. The van der Waals surface area contributed by atoms with Gasteiger partial charge in [0.15, 0.2) is 0 Å². The topological polar surface area (TPSA) is 58.2 Å². The third kappa shape index (κ3) is 5.08. The van der Waals surface area contributed by atoms with E-state index in [9.17, 15) is 9.59 Å². The minimum Gasteiger partial charge on any atom is -0.381 e. The van der Waals surface area contributed by atoms with Crippen molar-refractivity contribution in [2.75, 3.05) is 17.6 Å². The molecule has 0 spiro atoms. The van der Waals surface area contributed by atoms with Crippen LogP contribution in [0.25, 0.3) is 5.57 Å². The molecule has 2 aromatic carbocycles. The van der Waals surface area contributed by atoms with Crippen LogP contribution in [0.1, 0.15) is 41.6 Å². The molecule has 1 fully saturated rings. The van der Waals surface area contributed by atoms with E-state index >= 15 is 0 Å². The van der Waals surface area contributed by atoms with Crippen LogP contribution in [0.4, 0.5) is 5.69 Å². The summed E-state index contributed by atoms with van der Waals surface area (Å²) in [5.74, 6) is 1.21. The lowest BCUT2D eigenvalue weighted by Gasteiger charge is -2.26. The number of para-hydroxylation sites is 1. The molecular formula is C24H25ClN2O2S. The van der Waals surface area contributed by atoms with Crippen LogP contribution in [0.3, 0.4) is 0 Å². The van der Waals surface area contributed by atoms with Crippen molar-refractivity contribution in [1.29, 1.82) is 0 Å². The summed E-state index contributed by atoms with van der Waals surface area (Å²) in [5.41, 5.74) is 3.74. The molecule has 6 heteroatoms. The quantitative estimate of drug-likeness (QED) is 0.605. The van der Waals surface area contributed by atoms with E-state index in [1.54, 1.807) is 24.3 Å². The van der Waals surface area contributed by atoms with E-state index in [1.807, 2.05) is 18.2 Å². The molecule has 0 radical (unpaired) electrons. The second kappa shape index (κ2) is 9.71. The maximum Gasteiger partial charge on any atom is 0.251 e. The summed E-state index contributed by atoms with van der Waals surface area (Å²) in [5, 5.41) is 6.94. The average molecular weight is 441 g/mol. The third-order valence-electron chi connectivity index (χ3n) is 5.72. The van der Waals surface area contributed by atoms with Gasteiger partial charge in [-0.1, -0.05) is 54.1 Å². The number of benzene rings is 2. The van der Waals surface area contributed by atoms with E-state index in [0.717, 1.165) is 22.6 Å². The second-order valence-corrected chi connectivity index (χ2v) is 9.28. The van der Waals surface area contributed by atoms with Crippen LogP contribution in [-0.4, -0.2) is 29.4 Å². The Morgan fingerprint density at radius 3 is 2.63 bits per heavy atom.